The Balaban J connectivity index is 0.00000220. The van der Waals surface area contributed by atoms with Gasteiger partial charge in [-0.3, -0.25) is 4.98 Å². The van der Waals surface area contributed by atoms with E-state index in [-0.39, 0.29) is 2.85 Å². The third kappa shape index (κ3) is 3.15. The fourth-order valence-electron chi connectivity index (χ4n) is 2.15. The molecule has 2 aromatic rings. The van der Waals surface area contributed by atoms with Gasteiger partial charge in [-0.1, -0.05) is 12.1 Å². The molecule has 0 aliphatic rings. The third-order valence-electron chi connectivity index (χ3n) is 3.04. The lowest BCUT2D eigenvalue weighted by Crippen LogP contribution is -2.07. The number of aromatic nitrogens is 1. The number of nitrogen functional groups attached to an aromatic ring is 1. The summed E-state index contributed by atoms with van der Waals surface area (Å²) >= 11 is 0. The molecule has 0 radical (unpaired) electrons. The molecule has 108 valence electrons. The van der Waals surface area contributed by atoms with E-state index < -0.39 is 0 Å². The van der Waals surface area contributed by atoms with Crippen LogP contribution in [-0.4, -0.2) is 17.3 Å². The summed E-state index contributed by atoms with van der Waals surface area (Å²) in [5.41, 5.74) is 9.68. The van der Waals surface area contributed by atoms with Crippen molar-refractivity contribution in [2.24, 2.45) is 0 Å². The zero-order chi connectivity index (χ0) is 14.5. The summed E-state index contributed by atoms with van der Waals surface area (Å²) in [6, 6.07) is 9.65. The predicted molar refractivity (Wildman–Crippen MR) is 85.8 cm³/mol. The maximum Gasteiger partial charge on any atom is 0.119 e. The molecule has 1 aromatic carbocycles. The summed E-state index contributed by atoms with van der Waals surface area (Å²) < 4.78 is 5.42. The summed E-state index contributed by atoms with van der Waals surface area (Å²) in [7, 11) is 0. The Morgan fingerprint density at radius 1 is 1.30 bits per heavy atom. The Morgan fingerprint density at radius 2 is 2.00 bits per heavy atom. The first-order chi connectivity index (χ1) is 9.61. The first-order valence-corrected chi connectivity index (χ1v) is 6.62. The van der Waals surface area contributed by atoms with Crippen LogP contribution >= 0.6 is 0 Å². The van der Waals surface area contributed by atoms with Crippen LogP contribution in [0.25, 0.3) is 0 Å². The molecule has 0 atom stereocenters. The Bertz CT molecular complexity index is 615. The van der Waals surface area contributed by atoms with Crippen molar-refractivity contribution in [1.29, 1.82) is 5.41 Å². The van der Waals surface area contributed by atoms with Crippen LogP contribution in [0.2, 0.25) is 0 Å². The van der Waals surface area contributed by atoms with Gasteiger partial charge in [0.1, 0.15) is 5.75 Å². The normalized spacial score (nSPS) is 10.3. The molecule has 0 fully saturated rings. The lowest BCUT2D eigenvalue weighted by molar-refractivity contribution is 0.340. The number of benzene rings is 1. The van der Waals surface area contributed by atoms with Crippen LogP contribution in [0, 0.1) is 5.41 Å². The number of nitrogens with zero attached hydrogens (tertiary/aromatic N) is 1. The van der Waals surface area contributed by atoms with E-state index in [1.54, 1.807) is 19.2 Å². The predicted octanol–water partition coefficient (Wildman–Crippen LogP) is 3.53. The number of nitrogens with two attached hydrogens (primary N) is 1. The van der Waals surface area contributed by atoms with Gasteiger partial charge in [0, 0.05) is 32.4 Å². The average molecular weight is 273 g/mol. The molecule has 20 heavy (non-hydrogen) atoms. The maximum absolute atomic E-state index is 7.83. The zero-order valence-corrected chi connectivity index (χ0v) is 11.8. The number of rotatable bonds is 5. The first kappa shape index (κ1) is 14.1. The topological polar surface area (TPSA) is 72.0 Å². The summed E-state index contributed by atoms with van der Waals surface area (Å²) in [6.07, 6.45) is 2.34. The summed E-state index contributed by atoms with van der Waals surface area (Å²) in [5.74, 6) is 0.861. The second-order valence-electron chi connectivity index (χ2n) is 4.60. The molecule has 0 amide bonds. The molecule has 4 heteroatoms. The minimum atomic E-state index is 0. The van der Waals surface area contributed by atoms with Crippen molar-refractivity contribution in [2.75, 3.05) is 12.3 Å². The minimum absolute atomic E-state index is 0. The van der Waals surface area contributed by atoms with Gasteiger partial charge in [-0.2, -0.15) is 0 Å². The van der Waals surface area contributed by atoms with E-state index in [9.17, 15) is 0 Å². The summed E-state index contributed by atoms with van der Waals surface area (Å²) in [4.78, 5) is 4.36. The van der Waals surface area contributed by atoms with E-state index in [1.807, 2.05) is 31.2 Å². The van der Waals surface area contributed by atoms with E-state index in [0.717, 1.165) is 22.6 Å². The first-order valence-electron chi connectivity index (χ1n) is 6.62. The third-order valence-corrected chi connectivity index (χ3v) is 3.04. The van der Waals surface area contributed by atoms with E-state index in [0.29, 0.717) is 24.4 Å². The van der Waals surface area contributed by atoms with Gasteiger partial charge in [0.25, 0.3) is 0 Å². The van der Waals surface area contributed by atoms with Gasteiger partial charge in [-0.25, -0.2) is 0 Å². The van der Waals surface area contributed by atoms with Crippen molar-refractivity contribution in [3.8, 4) is 5.75 Å². The van der Waals surface area contributed by atoms with E-state index in [4.69, 9.17) is 15.9 Å². The summed E-state index contributed by atoms with van der Waals surface area (Å²) in [6.45, 7) is 4.35. The van der Waals surface area contributed by atoms with Gasteiger partial charge in [-0.15, -0.1) is 0 Å². The number of ether oxygens (including phenoxy) is 1. The Hall–Kier alpha value is -2.36. The lowest BCUT2D eigenvalue weighted by Gasteiger charge is -2.10. The molecule has 0 aliphatic heterocycles. The highest BCUT2D eigenvalue weighted by molar-refractivity contribution is 6.01. The average Bonchev–Trinajstić information content (AvgIpc) is 2.41. The van der Waals surface area contributed by atoms with Gasteiger partial charge >= 0.3 is 0 Å². The number of pyridine rings is 1. The molecular weight excluding hydrogens is 250 g/mol. The van der Waals surface area contributed by atoms with Gasteiger partial charge < -0.3 is 15.9 Å². The fraction of sp³-hybridized carbons (Fsp3) is 0.250. The molecule has 0 spiro atoms. The monoisotopic (exact) mass is 273 g/mol. The van der Waals surface area contributed by atoms with Crippen LogP contribution in [-0.2, 0) is 6.42 Å². The molecule has 1 heterocycles. The minimum Gasteiger partial charge on any atom is -0.494 e. The quantitative estimate of drug-likeness (QED) is 0.818. The lowest BCUT2D eigenvalue weighted by atomic mass is 10.0. The van der Waals surface area contributed by atoms with Crippen molar-refractivity contribution in [1.82, 2.24) is 4.98 Å². The van der Waals surface area contributed by atoms with Crippen LogP contribution in [0.5, 0.6) is 5.75 Å². The van der Waals surface area contributed by atoms with Crippen molar-refractivity contribution in [3.63, 3.8) is 0 Å². The highest BCUT2D eigenvalue weighted by Gasteiger charge is 2.10. The number of anilines is 1. The zero-order valence-electron chi connectivity index (χ0n) is 11.8. The molecule has 3 N–H and O–H groups in total. The Morgan fingerprint density at radius 3 is 2.60 bits per heavy atom. The van der Waals surface area contributed by atoms with Crippen LogP contribution < -0.4 is 10.5 Å². The molecule has 4 nitrogen and oxygen atoms in total. The van der Waals surface area contributed by atoms with E-state index in [2.05, 4.69) is 4.98 Å². The largest absolute Gasteiger partial charge is 0.494 e. The Labute approximate surface area is 122 Å². The second-order valence-corrected chi connectivity index (χ2v) is 4.60. The van der Waals surface area contributed by atoms with Crippen molar-refractivity contribution >= 4 is 11.4 Å². The number of hydrogen-bond acceptors (Lipinski definition) is 4. The van der Waals surface area contributed by atoms with Crippen molar-refractivity contribution < 1.29 is 7.59 Å². The van der Waals surface area contributed by atoms with Gasteiger partial charge in [0.2, 0.25) is 0 Å². The molecule has 0 saturated heterocycles. The van der Waals surface area contributed by atoms with Gasteiger partial charge in [-0.05, 0) is 37.6 Å². The van der Waals surface area contributed by atoms with E-state index in [1.165, 1.54) is 0 Å². The SMILES string of the molecule is CCOc1ccc(Cc2nccc(N)c2C(C)=N)cc1.[HH].[HH]. The smallest absolute Gasteiger partial charge is 0.119 e. The molecular formula is C16H23N3O. The van der Waals surface area contributed by atoms with Crippen LogP contribution in [0.4, 0.5) is 5.69 Å². The van der Waals surface area contributed by atoms with Crippen LogP contribution in [0.3, 0.4) is 0 Å². The molecule has 1 aromatic heterocycles. The maximum atomic E-state index is 7.83. The van der Waals surface area contributed by atoms with E-state index >= 15 is 0 Å². The molecule has 0 bridgehead atoms. The second kappa shape index (κ2) is 6.19. The molecule has 2 rings (SSSR count). The van der Waals surface area contributed by atoms with Gasteiger partial charge in [0.15, 0.2) is 0 Å². The highest BCUT2D eigenvalue weighted by atomic mass is 16.5. The standard InChI is InChI=1S/C16H19N3O.2H2/c1-3-20-13-6-4-12(5-7-13)10-15-16(11(2)17)14(18)8-9-19-15;;/h4-9,17H,3,10H2,1-2H3,(H2,18,19);2*1H. The number of nitrogens with one attached hydrogen (secondary N) is 1. The van der Waals surface area contributed by atoms with Crippen LogP contribution in [0.15, 0.2) is 36.5 Å². The van der Waals surface area contributed by atoms with Crippen molar-refractivity contribution in [2.45, 2.75) is 20.3 Å². The molecule has 0 aliphatic carbocycles. The van der Waals surface area contributed by atoms with Crippen molar-refractivity contribution in [3.05, 3.63) is 53.3 Å². The summed E-state index contributed by atoms with van der Waals surface area (Å²) in [5, 5.41) is 7.83. The number of hydrogen-bond donors (Lipinski definition) is 2. The fourth-order valence-corrected chi connectivity index (χ4v) is 2.15. The van der Waals surface area contributed by atoms with Crippen LogP contribution in [0.1, 0.15) is 33.5 Å². The Kier molecular flexibility index (Phi) is 4.35. The highest BCUT2D eigenvalue weighted by Crippen LogP contribution is 2.20. The molecule has 0 unspecified atom stereocenters. The van der Waals surface area contributed by atoms with Gasteiger partial charge in [0.05, 0.1) is 12.3 Å². The molecule has 0 saturated carbocycles.